The molecule has 1 heterocycles. The summed E-state index contributed by atoms with van der Waals surface area (Å²) in [6.07, 6.45) is 2.12. The van der Waals surface area contributed by atoms with Crippen LogP contribution in [-0.2, 0) is 9.59 Å². The smallest absolute Gasteiger partial charge is 0.245 e. The molecule has 2 atom stereocenters. The molecule has 0 bridgehead atoms. The van der Waals surface area contributed by atoms with Crippen molar-refractivity contribution in [2.45, 2.75) is 52.6 Å². The van der Waals surface area contributed by atoms with Gasteiger partial charge in [-0.3, -0.25) is 9.59 Å². The molecule has 0 radical (unpaired) electrons. The van der Waals surface area contributed by atoms with E-state index in [1.165, 1.54) is 0 Å². The van der Waals surface area contributed by atoms with Gasteiger partial charge in [-0.25, -0.2) is 0 Å². The number of carbonyl (C=O) groups is 2. The molecule has 0 saturated carbocycles. The van der Waals surface area contributed by atoms with Gasteiger partial charge in [0.2, 0.25) is 11.8 Å². The van der Waals surface area contributed by atoms with Crippen LogP contribution in [0, 0.1) is 5.41 Å². The van der Waals surface area contributed by atoms with Crippen LogP contribution < -0.4 is 10.6 Å². The maximum Gasteiger partial charge on any atom is 0.245 e. The lowest BCUT2D eigenvalue weighted by Crippen LogP contribution is -2.57. The number of nitrogens with zero attached hydrogens (tertiary/aromatic N) is 1. The second-order valence-corrected chi connectivity index (χ2v) is 6.35. The zero-order valence-corrected chi connectivity index (χ0v) is 12.7. The van der Waals surface area contributed by atoms with E-state index in [9.17, 15) is 9.59 Å². The van der Waals surface area contributed by atoms with Crippen LogP contribution in [-0.4, -0.2) is 48.9 Å². The molecule has 0 aliphatic carbocycles. The minimum absolute atomic E-state index is 0.0432. The third kappa shape index (κ3) is 4.20. The van der Waals surface area contributed by atoms with Gasteiger partial charge >= 0.3 is 0 Å². The van der Waals surface area contributed by atoms with E-state index in [0.717, 1.165) is 25.9 Å². The minimum atomic E-state index is -0.464. The average Bonchev–Trinajstić information content (AvgIpc) is 2.86. The minimum Gasteiger partial charge on any atom is -0.342 e. The van der Waals surface area contributed by atoms with Crippen LogP contribution in [0.5, 0.6) is 0 Å². The van der Waals surface area contributed by atoms with Gasteiger partial charge in [-0.2, -0.15) is 0 Å². The second-order valence-electron chi connectivity index (χ2n) is 6.35. The molecule has 0 spiro atoms. The number of likely N-dealkylation sites (N-methyl/N-ethyl adjacent to an activating group) is 1. The largest absolute Gasteiger partial charge is 0.342 e. The fourth-order valence-corrected chi connectivity index (χ4v) is 2.17. The summed E-state index contributed by atoms with van der Waals surface area (Å²) in [7, 11) is 1.73. The van der Waals surface area contributed by atoms with Crippen molar-refractivity contribution in [3.05, 3.63) is 0 Å². The van der Waals surface area contributed by atoms with Gasteiger partial charge in [0, 0.05) is 13.1 Å². The number of likely N-dealkylation sites (tertiary alicyclic amines) is 1. The average molecular weight is 269 g/mol. The van der Waals surface area contributed by atoms with Crippen molar-refractivity contribution in [3.8, 4) is 0 Å². The highest BCUT2D eigenvalue weighted by molar-refractivity contribution is 5.90. The standard InChI is InChI=1S/C14H27N3O2/c1-10(15-5)12(18)16-11(14(2,3)4)13(19)17-8-6-7-9-17/h10-11,15H,6-9H2,1-5H3,(H,16,18)/t10?,11-/m1/s1. The Bertz CT molecular complexity index is 330. The highest BCUT2D eigenvalue weighted by Gasteiger charge is 2.36. The summed E-state index contributed by atoms with van der Waals surface area (Å²) in [4.78, 5) is 26.4. The Labute approximate surface area is 116 Å². The van der Waals surface area contributed by atoms with Crippen molar-refractivity contribution < 1.29 is 9.59 Å². The van der Waals surface area contributed by atoms with Crippen LogP contribution in [0.3, 0.4) is 0 Å². The maximum atomic E-state index is 12.5. The molecule has 1 aliphatic heterocycles. The first-order valence-corrected chi connectivity index (χ1v) is 7.04. The van der Waals surface area contributed by atoms with Crippen LogP contribution in [0.1, 0.15) is 40.5 Å². The Morgan fingerprint density at radius 1 is 1.16 bits per heavy atom. The van der Waals surface area contributed by atoms with E-state index in [4.69, 9.17) is 0 Å². The molecular weight excluding hydrogens is 242 g/mol. The van der Waals surface area contributed by atoms with E-state index >= 15 is 0 Å². The van der Waals surface area contributed by atoms with E-state index in [0.29, 0.717) is 0 Å². The predicted molar refractivity (Wildman–Crippen MR) is 75.7 cm³/mol. The molecule has 0 aromatic heterocycles. The summed E-state index contributed by atoms with van der Waals surface area (Å²) in [6, 6.07) is -0.759. The normalized spacial score (nSPS) is 19.1. The first kappa shape index (κ1) is 16.0. The number of carbonyl (C=O) groups excluding carboxylic acids is 2. The molecule has 1 saturated heterocycles. The SMILES string of the molecule is CNC(C)C(=O)N[C@H](C(=O)N1CCCC1)C(C)(C)C. The molecule has 2 amide bonds. The zero-order valence-electron chi connectivity index (χ0n) is 12.7. The molecule has 5 nitrogen and oxygen atoms in total. The van der Waals surface area contributed by atoms with Gasteiger partial charge in [0.15, 0.2) is 0 Å². The lowest BCUT2D eigenvalue weighted by Gasteiger charge is -2.34. The van der Waals surface area contributed by atoms with Crippen molar-refractivity contribution in [2.75, 3.05) is 20.1 Å². The molecule has 0 aromatic carbocycles. The van der Waals surface area contributed by atoms with E-state index in [1.807, 2.05) is 25.7 Å². The van der Waals surface area contributed by atoms with Crippen molar-refractivity contribution in [1.29, 1.82) is 0 Å². The van der Waals surface area contributed by atoms with Crippen molar-refractivity contribution in [1.82, 2.24) is 15.5 Å². The summed E-state index contributed by atoms with van der Waals surface area (Å²) >= 11 is 0. The molecule has 0 aromatic rings. The van der Waals surface area contributed by atoms with Gasteiger partial charge in [0.25, 0.3) is 0 Å². The summed E-state index contributed by atoms with van der Waals surface area (Å²) in [5.74, 6) is -0.0865. The molecule has 1 unspecified atom stereocenters. The van der Waals surface area contributed by atoms with Crippen LogP contribution >= 0.6 is 0 Å². The number of hydrogen-bond acceptors (Lipinski definition) is 3. The van der Waals surface area contributed by atoms with Gasteiger partial charge in [-0.1, -0.05) is 20.8 Å². The number of amides is 2. The van der Waals surface area contributed by atoms with Crippen LogP contribution in [0.4, 0.5) is 0 Å². The van der Waals surface area contributed by atoms with Gasteiger partial charge in [0.05, 0.1) is 6.04 Å². The quantitative estimate of drug-likeness (QED) is 0.791. The van der Waals surface area contributed by atoms with Gasteiger partial charge < -0.3 is 15.5 Å². The topological polar surface area (TPSA) is 61.4 Å². The van der Waals surface area contributed by atoms with Crippen molar-refractivity contribution >= 4 is 11.8 Å². The summed E-state index contributed by atoms with van der Waals surface area (Å²) in [5, 5.41) is 5.78. The van der Waals surface area contributed by atoms with Crippen LogP contribution in [0.25, 0.3) is 0 Å². The molecule has 1 rings (SSSR count). The fraction of sp³-hybridized carbons (Fsp3) is 0.857. The Morgan fingerprint density at radius 2 is 1.68 bits per heavy atom. The molecule has 5 heteroatoms. The molecule has 2 N–H and O–H groups in total. The molecule has 110 valence electrons. The van der Waals surface area contributed by atoms with Gasteiger partial charge in [0.1, 0.15) is 6.04 Å². The Morgan fingerprint density at radius 3 is 2.11 bits per heavy atom. The fourth-order valence-electron chi connectivity index (χ4n) is 2.17. The van der Waals surface area contributed by atoms with E-state index in [-0.39, 0.29) is 23.3 Å². The van der Waals surface area contributed by atoms with Crippen molar-refractivity contribution in [3.63, 3.8) is 0 Å². The molecule has 19 heavy (non-hydrogen) atoms. The van der Waals surface area contributed by atoms with Gasteiger partial charge in [-0.05, 0) is 32.2 Å². The lowest BCUT2D eigenvalue weighted by atomic mass is 9.85. The Kier molecular flexibility index (Phi) is 5.35. The Hall–Kier alpha value is -1.10. The van der Waals surface area contributed by atoms with E-state index < -0.39 is 6.04 Å². The molecule has 1 fully saturated rings. The highest BCUT2D eigenvalue weighted by atomic mass is 16.2. The third-order valence-electron chi connectivity index (χ3n) is 3.64. The highest BCUT2D eigenvalue weighted by Crippen LogP contribution is 2.23. The first-order valence-electron chi connectivity index (χ1n) is 7.04. The zero-order chi connectivity index (χ0) is 14.6. The summed E-state index contributed by atoms with van der Waals surface area (Å²) in [5.41, 5.74) is -0.289. The van der Waals surface area contributed by atoms with Gasteiger partial charge in [-0.15, -0.1) is 0 Å². The number of rotatable bonds is 4. The number of hydrogen-bond donors (Lipinski definition) is 2. The predicted octanol–water partition coefficient (Wildman–Crippen LogP) is 0.748. The summed E-state index contributed by atoms with van der Waals surface area (Å²) < 4.78 is 0. The third-order valence-corrected chi connectivity index (χ3v) is 3.64. The number of nitrogens with one attached hydrogen (secondary N) is 2. The van der Waals surface area contributed by atoms with E-state index in [2.05, 4.69) is 10.6 Å². The lowest BCUT2D eigenvalue weighted by molar-refractivity contribution is -0.138. The van der Waals surface area contributed by atoms with Crippen LogP contribution in [0.15, 0.2) is 0 Å². The Balaban J connectivity index is 2.77. The maximum absolute atomic E-state index is 12.5. The summed E-state index contributed by atoms with van der Waals surface area (Å²) in [6.45, 7) is 9.35. The first-order chi connectivity index (χ1) is 8.77. The van der Waals surface area contributed by atoms with Crippen molar-refractivity contribution in [2.24, 2.45) is 5.41 Å². The van der Waals surface area contributed by atoms with E-state index in [1.54, 1.807) is 14.0 Å². The molecule has 1 aliphatic rings. The molecular formula is C14H27N3O2. The monoisotopic (exact) mass is 269 g/mol. The van der Waals surface area contributed by atoms with Crippen LogP contribution in [0.2, 0.25) is 0 Å². The second kappa shape index (κ2) is 6.37.